The highest BCUT2D eigenvalue weighted by molar-refractivity contribution is 5.86. The average molecular weight is 267 g/mol. The quantitative estimate of drug-likeness (QED) is 0.837. The molecule has 0 saturated carbocycles. The molecule has 1 amide bonds. The maximum absolute atomic E-state index is 12.9. The molecular weight excluding hydrogens is 238 g/mol. The summed E-state index contributed by atoms with van der Waals surface area (Å²) < 4.78 is 0. The number of likely N-dealkylation sites (N-methyl/N-ethyl adjacent to an activating group) is 1. The summed E-state index contributed by atoms with van der Waals surface area (Å²) in [6.45, 7) is 5.38. The molecule has 0 bridgehead atoms. The van der Waals surface area contributed by atoms with Crippen LogP contribution in [-0.4, -0.2) is 61.0 Å². The van der Waals surface area contributed by atoms with E-state index in [9.17, 15) is 4.79 Å². The Bertz CT molecular complexity index is 305. The van der Waals surface area contributed by atoms with Crippen molar-refractivity contribution in [3.63, 3.8) is 0 Å². The van der Waals surface area contributed by atoms with E-state index in [4.69, 9.17) is 0 Å². The van der Waals surface area contributed by atoms with Gasteiger partial charge < -0.3 is 15.1 Å². The SMILES string of the molecule is CCCC1(C(=O)N(C)C2CCN(C)CC2)CCCN1. The third-order valence-corrected chi connectivity index (χ3v) is 4.89. The van der Waals surface area contributed by atoms with Gasteiger partial charge in [0.05, 0.1) is 5.54 Å². The van der Waals surface area contributed by atoms with E-state index in [0.29, 0.717) is 11.9 Å². The van der Waals surface area contributed by atoms with Gasteiger partial charge in [-0.15, -0.1) is 0 Å². The molecule has 0 radical (unpaired) electrons. The van der Waals surface area contributed by atoms with Crippen LogP contribution in [0.2, 0.25) is 0 Å². The van der Waals surface area contributed by atoms with Crippen molar-refractivity contribution in [3.05, 3.63) is 0 Å². The zero-order valence-electron chi connectivity index (χ0n) is 12.7. The Labute approximate surface area is 117 Å². The second-order valence-corrected chi connectivity index (χ2v) is 6.31. The van der Waals surface area contributed by atoms with Crippen molar-refractivity contribution in [1.82, 2.24) is 15.1 Å². The van der Waals surface area contributed by atoms with E-state index in [0.717, 1.165) is 58.2 Å². The minimum absolute atomic E-state index is 0.257. The first-order valence-electron chi connectivity index (χ1n) is 7.80. The summed E-state index contributed by atoms with van der Waals surface area (Å²) in [6.07, 6.45) is 6.41. The number of hydrogen-bond acceptors (Lipinski definition) is 3. The first kappa shape index (κ1) is 14.8. The Morgan fingerprint density at radius 1 is 1.42 bits per heavy atom. The molecule has 0 aromatic carbocycles. The molecule has 4 nitrogen and oxygen atoms in total. The number of carbonyl (C=O) groups excluding carboxylic acids is 1. The van der Waals surface area contributed by atoms with Gasteiger partial charge in [0.2, 0.25) is 5.91 Å². The van der Waals surface area contributed by atoms with Gasteiger partial charge in [-0.25, -0.2) is 0 Å². The minimum Gasteiger partial charge on any atom is -0.341 e. The summed E-state index contributed by atoms with van der Waals surface area (Å²) in [5.41, 5.74) is -0.257. The average Bonchev–Trinajstić information content (AvgIpc) is 2.88. The monoisotopic (exact) mass is 267 g/mol. The third-order valence-electron chi connectivity index (χ3n) is 4.89. The molecule has 1 N–H and O–H groups in total. The predicted octanol–water partition coefficient (Wildman–Crippen LogP) is 1.46. The molecule has 19 heavy (non-hydrogen) atoms. The Hall–Kier alpha value is -0.610. The second-order valence-electron chi connectivity index (χ2n) is 6.31. The van der Waals surface area contributed by atoms with Crippen LogP contribution in [0, 0.1) is 0 Å². The fraction of sp³-hybridized carbons (Fsp3) is 0.933. The molecule has 2 aliphatic heterocycles. The van der Waals surface area contributed by atoms with Crippen LogP contribution in [0.5, 0.6) is 0 Å². The fourth-order valence-corrected chi connectivity index (χ4v) is 3.62. The lowest BCUT2D eigenvalue weighted by Crippen LogP contribution is -2.57. The van der Waals surface area contributed by atoms with Gasteiger partial charge in [0.25, 0.3) is 0 Å². The standard InChI is InChI=1S/C15H29N3O/c1-4-8-15(9-5-10-16-15)14(19)18(3)13-6-11-17(2)12-7-13/h13,16H,4-12H2,1-3H3. The topological polar surface area (TPSA) is 35.6 Å². The Morgan fingerprint density at radius 3 is 2.63 bits per heavy atom. The molecule has 0 aliphatic carbocycles. The molecular formula is C15H29N3O. The van der Waals surface area contributed by atoms with Crippen LogP contribution < -0.4 is 5.32 Å². The van der Waals surface area contributed by atoms with Gasteiger partial charge in [0, 0.05) is 13.1 Å². The van der Waals surface area contributed by atoms with E-state index in [1.807, 2.05) is 11.9 Å². The zero-order chi connectivity index (χ0) is 13.9. The van der Waals surface area contributed by atoms with Gasteiger partial charge in [-0.05, 0) is 58.8 Å². The third kappa shape index (κ3) is 3.11. The maximum atomic E-state index is 12.9. The summed E-state index contributed by atoms with van der Waals surface area (Å²) in [4.78, 5) is 17.3. The van der Waals surface area contributed by atoms with Crippen LogP contribution in [-0.2, 0) is 4.79 Å². The lowest BCUT2D eigenvalue weighted by molar-refractivity contribution is -0.139. The van der Waals surface area contributed by atoms with Crippen molar-refractivity contribution in [2.45, 2.75) is 57.0 Å². The van der Waals surface area contributed by atoms with E-state index < -0.39 is 0 Å². The van der Waals surface area contributed by atoms with Crippen LogP contribution in [0.4, 0.5) is 0 Å². The van der Waals surface area contributed by atoms with Crippen LogP contribution in [0.3, 0.4) is 0 Å². The molecule has 0 aromatic rings. The van der Waals surface area contributed by atoms with Gasteiger partial charge in [0.1, 0.15) is 0 Å². The minimum atomic E-state index is -0.257. The molecule has 2 aliphatic rings. The molecule has 0 aromatic heterocycles. The normalized spacial score (nSPS) is 29.6. The number of rotatable bonds is 4. The number of likely N-dealkylation sites (tertiary alicyclic amines) is 1. The highest BCUT2D eigenvalue weighted by Crippen LogP contribution is 2.28. The smallest absolute Gasteiger partial charge is 0.242 e. The van der Waals surface area contributed by atoms with Gasteiger partial charge in [0.15, 0.2) is 0 Å². The zero-order valence-corrected chi connectivity index (χ0v) is 12.7. The highest BCUT2D eigenvalue weighted by atomic mass is 16.2. The molecule has 2 rings (SSSR count). The van der Waals surface area contributed by atoms with Gasteiger partial charge in [-0.3, -0.25) is 4.79 Å². The number of hydrogen-bond donors (Lipinski definition) is 1. The first-order valence-corrected chi connectivity index (χ1v) is 7.80. The summed E-state index contributed by atoms with van der Waals surface area (Å²) in [7, 11) is 4.17. The summed E-state index contributed by atoms with van der Waals surface area (Å²) in [5, 5.41) is 3.50. The molecule has 1 atom stereocenters. The Morgan fingerprint density at radius 2 is 2.11 bits per heavy atom. The Balaban J connectivity index is 2.00. The summed E-state index contributed by atoms with van der Waals surface area (Å²) in [6, 6.07) is 0.430. The van der Waals surface area contributed by atoms with E-state index >= 15 is 0 Å². The van der Waals surface area contributed by atoms with Crippen molar-refractivity contribution in [3.8, 4) is 0 Å². The lowest BCUT2D eigenvalue weighted by Gasteiger charge is -2.40. The molecule has 4 heteroatoms. The molecule has 1 unspecified atom stereocenters. The van der Waals surface area contributed by atoms with Gasteiger partial charge >= 0.3 is 0 Å². The van der Waals surface area contributed by atoms with Crippen molar-refractivity contribution >= 4 is 5.91 Å². The molecule has 110 valence electrons. The Kier molecular flexibility index (Phi) is 4.85. The van der Waals surface area contributed by atoms with Crippen LogP contribution in [0.1, 0.15) is 45.4 Å². The van der Waals surface area contributed by atoms with E-state index in [1.165, 1.54) is 0 Å². The summed E-state index contributed by atoms with van der Waals surface area (Å²) >= 11 is 0. The summed E-state index contributed by atoms with van der Waals surface area (Å²) in [5.74, 6) is 0.335. The van der Waals surface area contributed by atoms with Gasteiger partial charge in [-0.1, -0.05) is 13.3 Å². The van der Waals surface area contributed by atoms with Crippen molar-refractivity contribution < 1.29 is 4.79 Å². The molecule has 2 heterocycles. The van der Waals surface area contributed by atoms with Crippen molar-refractivity contribution in [2.24, 2.45) is 0 Å². The predicted molar refractivity (Wildman–Crippen MR) is 78.2 cm³/mol. The number of nitrogens with one attached hydrogen (secondary N) is 1. The maximum Gasteiger partial charge on any atom is 0.242 e. The fourth-order valence-electron chi connectivity index (χ4n) is 3.62. The van der Waals surface area contributed by atoms with Gasteiger partial charge in [-0.2, -0.15) is 0 Å². The largest absolute Gasteiger partial charge is 0.341 e. The number of nitrogens with zero attached hydrogens (tertiary/aromatic N) is 2. The van der Waals surface area contributed by atoms with Crippen LogP contribution in [0.25, 0.3) is 0 Å². The number of amides is 1. The second kappa shape index (κ2) is 6.23. The van der Waals surface area contributed by atoms with E-state index in [2.05, 4.69) is 24.2 Å². The molecule has 2 fully saturated rings. The highest BCUT2D eigenvalue weighted by Gasteiger charge is 2.43. The number of piperidine rings is 1. The molecule has 2 saturated heterocycles. The van der Waals surface area contributed by atoms with Crippen molar-refractivity contribution in [2.75, 3.05) is 33.7 Å². The number of carbonyl (C=O) groups is 1. The van der Waals surface area contributed by atoms with E-state index in [-0.39, 0.29) is 5.54 Å². The van der Waals surface area contributed by atoms with Crippen molar-refractivity contribution in [1.29, 1.82) is 0 Å². The first-order chi connectivity index (χ1) is 9.09. The van der Waals surface area contributed by atoms with E-state index in [1.54, 1.807) is 0 Å². The van der Waals surface area contributed by atoms with Crippen LogP contribution in [0.15, 0.2) is 0 Å². The molecule has 0 spiro atoms. The van der Waals surface area contributed by atoms with Crippen LogP contribution >= 0.6 is 0 Å². The lowest BCUT2D eigenvalue weighted by atomic mass is 9.89.